The van der Waals surface area contributed by atoms with Crippen molar-refractivity contribution in [2.45, 2.75) is 19.7 Å². The molecule has 0 aliphatic heterocycles. The molecule has 4 aromatic rings. The van der Waals surface area contributed by atoms with Crippen LogP contribution < -0.4 is 11.3 Å². The molecule has 0 atom stereocenters. The summed E-state index contributed by atoms with van der Waals surface area (Å²) in [5.74, 6) is -1.08. The van der Waals surface area contributed by atoms with Crippen LogP contribution in [0.3, 0.4) is 0 Å². The van der Waals surface area contributed by atoms with Crippen LogP contribution in [0.5, 0.6) is 0 Å². The second-order valence-electron chi connectivity index (χ2n) is 5.68. The van der Waals surface area contributed by atoms with Gasteiger partial charge in [0.2, 0.25) is 0 Å². The average molecular weight is 399 g/mol. The third-order valence-electron chi connectivity index (χ3n) is 3.84. The standard InChI is InChI=1S/C17H13N5O5S/c23-14(7-8-21-17(25)27-15(19-21)13-6-3-9-28-13)26-10-22-16(24)11-4-1-2-5-12(11)18-20-22/h1-6,9H,7-8,10H2. The highest BCUT2D eigenvalue weighted by Gasteiger charge is 2.13. The quantitative estimate of drug-likeness (QED) is 0.444. The fourth-order valence-corrected chi connectivity index (χ4v) is 3.10. The fraction of sp³-hybridized carbons (Fsp3) is 0.176. The molecular weight excluding hydrogens is 386 g/mol. The van der Waals surface area contributed by atoms with Crippen molar-refractivity contribution in [2.75, 3.05) is 0 Å². The van der Waals surface area contributed by atoms with Crippen LogP contribution in [0.2, 0.25) is 0 Å². The van der Waals surface area contributed by atoms with E-state index in [4.69, 9.17) is 9.15 Å². The number of benzene rings is 1. The van der Waals surface area contributed by atoms with Crippen LogP contribution in [0.1, 0.15) is 6.42 Å². The number of fused-ring (bicyclic) bond motifs is 1. The third kappa shape index (κ3) is 3.60. The molecule has 0 spiro atoms. The van der Waals surface area contributed by atoms with Gasteiger partial charge in [0.15, 0.2) is 6.73 Å². The van der Waals surface area contributed by atoms with Gasteiger partial charge in [-0.3, -0.25) is 9.59 Å². The lowest BCUT2D eigenvalue weighted by atomic mass is 10.2. The lowest BCUT2D eigenvalue weighted by molar-refractivity contribution is -0.148. The Kier molecular flexibility index (Phi) is 4.81. The van der Waals surface area contributed by atoms with Crippen molar-refractivity contribution in [3.63, 3.8) is 0 Å². The highest BCUT2D eigenvalue weighted by Crippen LogP contribution is 2.21. The van der Waals surface area contributed by atoms with Gasteiger partial charge in [0.05, 0.1) is 23.2 Å². The van der Waals surface area contributed by atoms with E-state index in [1.54, 1.807) is 30.3 Å². The number of aromatic nitrogens is 5. The van der Waals surface area contributed by atoms with E-state index in [1.165, 1.54) is 11.3 Å². The Hall–Kier alpha value is -3.60. The molecule has 0 bridgehead atoms. The molecule has 3 aromatic heterocycles. The predicted octanol–water partition coefficient (Wildman–Crippen LogP) is 1.26. The average Bonchev–Trinajstić information content (AvgIpc) is 3.36. The predicted molar refractivity (Wildman–Crippen MR) is 98.6 cm³/mol. The number of ether oxygens (including phenoxy) is 1. The van der Waals surface area contributed by atoms with Crippen molar-refractivity contribution in [3.8, 4) is 10.8 Å². The van der Waals surface area contributed by atoms with Crippen molar-refractivity contribution < 1.29 is 13.9 Å². The van der Waals surface area contributed by atoms with E-state index in [-0.39, 0.29) is 25.6 Å². The van der Waals surface area contributed by atoms with Gasteiger partial charge in [0, 0.05) is 0 Å². The molecule has 3 heterocycles. The number of carbonyl (C=O) groups is 1. The Bertz CT molecular complexity index is 1240. The van der Waals surface area contributed by atoms with E-state index in [9.17, 15) is 14.4 Å². The van der Waals surface area contributed by atoms with Crippen molar-refractivity contribution in [3.05, 3.63) is 62.7 Å². The van der Waals surface area contributed by atoms with E-state index in [2.05, 4.69) is 15.4 Å². The van der Waals surface area contributed by atoms with Crippen LogP contribution in [0.4, 0.5) is 0 Å². The van der Waals surface area contributed by atoms with Crippen LogP contribution in [-0.4, -0.2) is 30.7 Å². The van der Waals surface area contributed by atoms with Crippen LogP contribution in [0, 0.1) is 0 Å². The number of thiophene rings is 1. The molecule has 28 heavy (non-hydrogen) atoms. The third-order valence-corrected chi connectivity index (χ3v) is 4.70. The Morgan fingerprint density at radius 1 is 1.14 bits per heavy atom. The topological polar surface area (TPSA) is 122 Å². The van der Waals surface area contributed by atoms with Crippen LogP contribution in [-0.2, 0) is 22.8 Å². The molecule has 4 rings (SSSR count). The minimum absolute atomic E-state index is 0.00909. The summed E-state index contributed by atoms with van der Waals surface area (Å²) in [6, 6.07) is 10.3. The maximum atomic E-state index is 12.3. The smallest absolute Gasteiger partial charge is 0.437 e. The Morgan fingerprint density at radius 3 is 2.82 bits per heavy atom. The molecule has 0 aliphatic carbocycles. The first-order chi connectivity index (χ1) is 13.6. The molecule has 0 amide bonds. The molecule has 0 fully saturated rings. The van der Waals surface area contributed by atoms with Crippen molar-refractivity contribution in [1.29, 1.82) is 0 Å². The molecule has 0 radical (unpaired) electrons. The number of rotatable bonds is 6. The molecule has 10 nitrogen and oxygen atoms in total. The number of aryl methyl sites for hydroxylation is 1. The zero-order valence-electron chi connectivity index (χ0n) is 14.3. The van der Waals surface area contributed by atoms with Gasteiger partial charge in [-0.1, -0.05) is 23.4 Å². The Morgan fingerprint density at radius 2 is 2.00 bits per heavy atom. The monoisotopic (exact) mass is 399 g/mol. The molecule has 0 unspecified atom stereocenters. The Labute approximate surface area is 160 Å². The number of hydrogen-bond acceptors (Lipinski definition) is 9. The summed E-state index contributed by atoms with van der Waals surface area (Å²) in [6.45, 7) is -0.380. The molecular formula is C17H13N5O5S. The minimum atomic E-state index is -0.659. The van der Waals surface area contributed by atoms with E-state index in [0.717, 1.165) is 9.36 Å². The van der Waals surface area contributed by atoms with E-state index >= 15 is 0 Å². The highest BCUT2D eigenvalue weighted by atomic mass is 32.1. The van der Waals surface area contributed by atoms with Crippen LogP contribution >= 0.6 is 11.3 Å². The van der Waals surface area contributed by atoms with Gasteiger partial charge in [-0.2, -0.15) is 9.36 Å². The van der Waals surface area contributed by atoms with Gasteiger partial charge in [0.25, 0.3) is 11.4 Å². The van der Waals surface area contributed by atoms with Crippen molar-refractivity contribution >= 4 is 28.2 Å². The molecule has 0 saturated carbocycles. The highest BCUT2D eigenvalue weighted by molar-refractivity contribution is 7.13. The van der Waals surface area contributed by atoms with Crippen LogP contribution in [0.15, 0.2) is 55.8 Å². The summed E-state index contributed by atoms with van der Waals surface area (Å²) < 4.78 is 12.1. The second-order valence-corrected chi connectivity index (χ2v) is 6.63. The first kappa shape index (κ1) is 17.8. The normalized spacial score (nSPS) is 11.0. The van der Waals surface area contributed by atoms with E-state index < -0.39 is 17.3 Å². The van der Waals surface area contributed by atoms with Gasteiger partial charge in [-0.25, -0.2) is 4.79 Å². The Balaban J connectivity index is 1.37. The zero-order valence-corrected chi connectivity index (χ0v) is 15.2. The number of nitrogens with zero attached hydrogens (tertiary/aromatic N) is 5. The lowest BCUT2D eigenvalue weighted by Gasteiger charge is -2.06. The molecule has 11 heteroatoms. The molecule has 0 aliphatic rings. The molecule has 142 valence electrons. The minimum Gasteiger partial charge on any atom is -0.442 e. The molecule has 0 N–H and O–H groups in total. The summed E-state index contributed by atoms with van der Waals surface area (Å²) in [4.78, 5) is 36.8. The van der Waals surface area contributed by atoms with Crippen molar-refractivity contribution in [2.24, 2.45) is 0 Å². The van der Waals surface area contributed by atoms with Gasteiger partial charge in [-0.15, -0.1) is 21.5 Å². The first-order valence-electron chi connectivity index (χ1n) is 8.22. The second kappa shape index (κ2) is 7.56. The van der Waals surface area contributed by atoms with Crippen molar-refractivity contribution in [1.82, 2.24) is 24.8 Å². The maximum absolute atomic E-state index is 12.3. The summed E-state index contributed by atoms with van der Waals surface area (Å²) in [5.41, 5.74) is 0.0498. The van der Waals surface area contributed by atoms with Gasteiger partial charge >= 0.3 is 11.7 Å². The lowest BCUT2D eigenvalue weighted by Crippen LogP contribution is -2.27. The van der Waals surface area contributed by atoms with Gasteiger partial charge < -0.3 is 9.15 Å². The first-order valence-corrected chi connectivity index (χ1v) is 9.10. The van der Waals surface area contributed by atoms with Gasteiger partial charge in [0.1, 0.15) is 5.52 Å². The summed E-state index contributed by atoms with van der Waals surface area (Å²) in [7, 11) is 0. The SMILES string of the molecule is O=C(CCn1nc(-c2cccs2)oc1=O)OCn1nnc2ccccc2c1=O. The van der Waals surface area contributed by atoms with Crippen LogP contribution in [0.25, 0.3) is 21.7 Å². The van der Waals surface area contributed by atoms with E-state index in [0.29, 0.717) is 15.8 Å². The molecule has 0 saturated heterocycles. The maximum Gasteiger partial charge on any atom is 0.437 e. The van der Waals surface area contributed by atoms with E-state index in [1.807, 2.05) is 11.4 Å². The summed E-state index contributed by atoms with van der Waals surface area (Å²) >= 11 is 1.38. The fourth-order valence-electron chi connectivity index (χ4n) is 2.46. The number of hydrogen-bond donors (Lipinski definition) is 0. The largest absolute Gasteiger partial charge is 0.442 e. The van der Waals surface area contributed by atoms with Gasteiger partial charge in [-0.05, 0) is 23.6 Å². The number of esters is 1. The summed E-state index contributed by atoms with van der Waals surface area (Å²) in [5, 5.41) is 13.9. The summed E-state index contributed by atoms with van der Waals surface area (Å²) in [6.07, 6.45) is -0.119. The zero-order chi connectivity index (χ0) is 19.5. The number of carbonyl (C=O) groups excluding carboxylic acids is 1. The molecule has 1 aromatic carbocycles.